The molecular weight excluding hydrogens is 461 g/mol. The number of likely N-dealkylation sites (N-methyl/N-ethyl adjacent to an activating group) is 1. The Balaban J connectivity index is 1.48. The number of carbonyl (C=O) groups is 2. The van der Waals surface area contributed by atoms with Gasteiger partial charge < -0.3 is 19.7 Å². The third kappa shape index (κ3) is 5.99. The largest absolute Gasteiger partial charge is 0.489 e. The maximum absolute atomic E-state index is 13.4. The van der Waals surface area contributed by atoms with Gasteiger partial charge in [-0.3, -0.25) is 14.6 Å². The number of halogens is 1. The molecule has 0 saturated carbocycles. The fraction of sp³-hybridized carbons (Fsp3) is 0.250. The van der Waals surface area contributed by atoms with Gasteiger partial charge in [-0.2, -0.15) is 0 Å². The molecule has 0 saturated heterocycles. The van der Waals surface area contributed by atoms with E-state index in [0.717, 1.165) is 5.56 Å². The average Bonchev–Trinajstić information content (AvgIpc) is 2.94. The molecule has 1 aromatic heterocycles. The van der Waals surface area contributed by atoms with Gasteiger partial charge in [-0.25, -0.2) is 4.39 Å². The fourth-order valence-electron chi connectivity index (χ4n) is 3.44. The lowest BCUT2D eigenvalue weighted by molar-refractivity contribution is -0.120. The zero-order chi connectivity index (χ0) is 25.9. The van der Waals surface area contributed by atoms with Crippen molar-refractivity contribution in [2.24, 2.45) is 5.41 Å². The Kier molecular flexibility index (Phi) is 6.93. The first-order chi connectivity index (χ1) is 17.1. The highest BCUT2D eigenvalue weighted by molar-refractivity contribution is 6.03. The summed E-state index contributed by atoms with van der Waals surface area (Å²) in [7, 11) is 1.63. The molecule has 36 heavy (non-hydrogen) atoms. The highest BCUT2D eigenvalue weighted by Crippen LogP contribution is 2.31. The molecule has 4 rings (SSSR count). The molecule has 184 valence electrons. The number of hydrogen-bond donors (Lipinski definition) is 1. The smallest absolute Gasteiger partial charge is 0.270 e. The summed E-state index contributed by atoms with van der Waals surface area (Å²) in [6, 6.07) is 13.1. The Morgan fingerprint density at radius 3 is 2.69 bits per heavy atom. The molecule has 3 aromatic rings. The van der Waals surface area contributed by atoms with Gasteiger partial charge >= 0.3 is 0 Å². The van der Waals surface area contributed by atoms with Crippen molar-refractivity contribution in [2.45, 2.75) is 26.8 Å². The van der Waals surface area contributed by atoms with Crippen molar-refractivity contribution in [3.63, 3.8) is 0 Å². The van der Waals surface area contributed by atoms with Gasteiger partial charge in [0.2, 0.25) is 0 Å². The maximum atomic E-state index is 13.4. The lowest BCUT2D eigenvalue weighted by Gasteiger charge is -2.20. The minimum Gasteiger partial charge on any atom is -0.489 e. The summed E-state index contributed by atoms with van der Waals surface area (Å²) in [6.07, 6.45) is 1.40. The second kappa shape index (κ2) is 10.1. The molecule has 1 aliphatic rings. The van der Waals surface area contributed by atoms with Crippen molar-refractivity contribution in [1.29, 1.82) is 0 Å². The minimum absolute atomic E-state index is 0.0425. The van der Waals surface area contributed by atoms with E-state index in [-0.39, 0.29) is 29.4 Å². The number of ether oxygens (including phenoxy) is 2. The molecule has 1 aliphatic heterocycles. The predicted molar refractivity (Wildman–Crippen MR) is 134 cm³/mol. The number of pyridine rings is 1. The molecule has 0 radical (unpaired) electrons. The van der Waals surface area contributed by atoms with Crippen molar-refractivity contribution in [3.05, 3.63) is 77.9 Å². The first-order valence-corrected chi connectivity index (χ1v) is 11.4. The van der Waals surface area contributed by atoms with E-state index in [2.05, 4.69) is 22.1 Å². The Bertz CT molecular complexity index is 1370. The normalized spacial score (nSPS) is 15.1. The Morgan fingerprint density at radius 2 is 1.94 bits per heavy atom. The topological polar surface area (TPSA) is 80.8 Å². The zero-order valence-electron chi connectivity index (χ0n) is 20.5. The van der Waals surface area contributed by atoms with Crippen LogP contribution in [0.5, 0.6) is 17.2 Å². The Morgan fingerprint density at radius 1 is 1.17 bits per heavy atom. The van der Waals surface area contributed by atoms with E-state index in [9.17, 15) is 14.0 Å². The molecule has 0 fully saturated rings. The number of nitrogens with zero attached hydrogens (tertiary/aromatic N) is 2. The van der Waals surface area contributed by atoms with Crippen LogP contribution < -0.4 is 19.7 Å². The highest BCUT2D eigenvalue weighted by atomic mass is 19.1. The number of hydrogen-bond acceptors (Lipinski definition) is 5. The summed E-state index contributed by atoms with van der Waals surface area (Å²) in [4.78, 5) is 31.6. The van der Waals surface area contributed by atoms with E-state index in [4.69, 9.17) is 9.47 Å². The van der Waals surface area contributed by atoms with Crippen LogP contribution in [0, 0.1) is 23.1 Å². The SMILES string of the molecule is CN1C(=O)C(NC(=O)c2cc(Oc3cccc(F)c3)ccn2)COc2ccc(C#CC(C)(C)C)cc21. The van der Waals surface area contributed by atoms with Gasteiger partial charge in [0.15, 0.2) is 0 Å². The summed E-state index contributed by atoms with van der Waals surface area (Å²) < 4.78 is 24.9. The molecular formula is C28H26FN3O4. The number of carbonyl (C=O) groups excluding carboxylic acids is 2. The van der Waals surface area contributed by atoms with E-state index in [0.29, 0.717) is 17.2 Å². The highest BCUT2D eigenvalue weighted by Gasteiger charge is 2.31. The molecule has 8 heteroatoms. The van der Waals surface area contributed by atoms with Gasteiger partial charge in [-0.05, 0) is 57.2 Å². The zero-order valence-corrected chi connectivity index (χ0v) is 20.5. The number of aromatic nitrogens is 1. The summed E-state index contributed by atoms with van der Waals surface area (Å²) in [5.41, 5.74) is 1.21. The van der Waals surface area contributed by atoms with Gasteiger partial charge in [0.05, 0.1) is 5.69 Å². The van der Waals surface area contributed by atoms with Crippen molar-refractivity contribution in [2.75, 3.05) is 18.6 Å². The standard InChI is InChI=1S/C28H26FN3O4/c1-28(2,3)12-10-18-8-9-25-24(14-18)32(4)27(34)23(17-35-25)31-26(33)22-16-21(11-13-30-22)36-20-7-5-6-19(29)15-20/h5-9,11,13-16,23H,17H2,1-4H3,(H,31,33). The van der Waals surface area contributed by atoms with Crippen molar-refractivity contribution >= 4 is 17.5 Å². The first-order valence-electron chi connectivity index (χ1n) is 11.4. The van der Waals surface area contributed by atoms with Gasteiger partial charge in [0, 0.05) is 36.4 Å². The van der Waals surface area contributed by atoms with Crippen LogP contribution in [0.25, 0.3) is 0 Å². The number of benzene rings is 2. The molecule has 1 unspecified atom stereocenters. The average molecular weight is 488 g/mol. The molecule has 7 nitrogen and oxygen atoms in total. The second-order valence-electron chi connectivity index (χ2n) is 9.35. The van der Waals surface area contributed by atoms with Crippen LogP contribution in [0.4, 0.5) is 10.1 Å². The van der Waals surface area contributed by atoms with Crippen LogP contribution in [0.15, 0.2) is 60.8 Å². The maximum Gasteiger partial charge on any atom is 0.270 e. The number of anilines is 1. The molecule has 1 atom stereocenters. The van der Waals surface area contributed by atoms with E-state index < -0.39 is 17.8 Å². The number of fused-ring (bicyclic) bond motifs is 1. The number of rotatable bonds is 4. The molecule has 2 amide bonds. The molecule has 1 N–H and O–H groups in total. The van der Waals surface area contributed by atoms with Crippen LogP contribution in [0.2, 0.25) is 0 Å². The van der Waals surface area contributed by atoms with Crippen molar-refractivity contribution in [1.82, 2.24) is 10.3 Å². The molecule has 2 heterocycles. The third-order valence-electron chi connectivity index (χ3n) is 5.24. The van der Waals surface area contributed by atoms with Crippen LogP contribution in [-0.2, 0) is 4.79 Å². The van der Waals surface area contributed by atoms with Crippen LogP contribution in [0.3, 0.4) is 0 Å². The van der Waals surface area contributed by atoms with Gasteiger partial charge in [-0.15, -0.1) is 0 Å². The Labute approximate surface area is 209 Å². The quantitative estimate of drug-likeness (QED) is 0.546. The Hall–Kier alpha value is -4.38. The van der Waals surface area contributed by atoms with E-state index in [1.165, 1.54) is 35.4 Å². The lowest BCUT2D eigenvalue weighted by atomic mass is 9.97. The van der Waals surface area contributed by atoms with Crippen molar-refractivity contribution < 1.29 is 23.5 Å². The van der Waals surface area contributed by atoms with Crippen molar-refractivity contribution in [3.8, 4) is 29.1 Å². The third-order valence-corrected chi connectivity index (χ3v) is 5.24. The second-order valence-corrected chi connectivity index (χ2v) is 9.35. The minimum atomic E-state index is -0.936. The van der Waals surface area contributed by atoms with E-state index >= 15 is 0 Å². The van der Waals surface area contributed by atoms with Gasteiger partial charge in [0.1, 0.15) is 41.4 Å². The molecule has 2 aromatic carbocycles. The molecule has 0 spiro atoms. The number of nitrogens with one attached hydrogen (secondary N) is 1. The van der Waals surface area contributed by atoms with Gasteiger partial charge in [0.25, 0.3) is 11.8 Å². The summed E-state index contributed by atoms with van der Waals surface area (Å²) in [5, 5.41) is 2.69. The van der Waals surface area contributed by atoms with Gasteiger partial charge in [-0.1, -0.05) is 17.9 Å². The van der Waals surface area contributed by atoms with Crippen LogP contribution in [0.1, 0.15) is 36.8 Å². The fourth-order valence-corrected chi connectivity index (χ4v) is 3.44. The van der Waals surface area contributed by atoms with Crippen LogP contribution >= 0.6 is 0 Å². The van der Waals surface area contributed by atoms with Crippen LogP contribution in [-0.4, -0.2) is 36.5 Å². The van der Waals surface area contributed by atoms with E-state index in [1.54, 1.807) is 31.3 Å². The number of amides is 2. The first kappa shape index (κ1) is 24.7. The molecule has 0 aliphatic carbocycles. The van der Waals surface area contributed by atoms with E-state index in [1.807, 2.05) is 26.8 Å². The molecule has 0 bridgehead atoms. The lowest BCUT2D eigenvalue weighted by Crippen LogP contribution is -2.49. The summed E-state index contributed by atoms with van der Waals surface area (Å²) in [6.45, 7) is 6.02. The predicted octanol–water partition coefficient (Wildman–Crippen LogP) is 4.56. The monoisotopic (exact) mass is 487 g/mol. The summed E-state index contributed by atoms with van der Waals surface area (Å²) >= 11 is 0. The summed E-state index contributed by atoms with van der Waals surface area (Å²) in [5.74, 6) is 6.06.